The second-order valence-corrected chi connectivity index (χ2v) is 4.31. The molecule has 1 aliphatic rings. The number of imide groups is 1. The van der Waals surface area contributed by atoms with Gasteiger partial charge in [-0.3, -0.25) is 10.1 Å². The van der Waals surface area contributed by atoms with E-state index in [1.807, 2.05) is 0 Å². The monoisotopic (exact) mass is 288 g/mol. The molecule has 1 aliphatic heterocycles. The van der Waals surface area contributed by atoms with Crippen LogP contribution in [0, 0.1) is 0 Å². The van der Waals surface area contributed by atoms with Gasteiger partial charge in [-0.05, 0) is 12.1 Å². The molecule has 0 unspecified atom stereocenters. The normalized spacial score (nSPS) is 12.0. The van der Waals surface area contributed by atoms with Gasteiger partial charge < -0.3 is 19.4 Å². The van der Waals surface area contributed by atoms with E-state index in [9.17, 15) is 9.59 Å². The summed E-state index contributed by atoms with van der Waals surface area (Å²) in [6.45, 7) is 0.183. The van der Waals surface area contributed by atoms with Crippen LogP contribution in [0.2, 0.25) is 0 Å². The van der Waals surface area contributed by atoms with Crippen LogP contribution in [-0.2, 0) is 11.3 Å². The van der Waals surface area contributed by atoms with E-state index in [2.05, 4.69) is 15.6 Å². The molecule has 2 heterocycles. The lowest BCUT2D eigenvalue weighted by molar-refractivity contribution is -0.120. The maximum Gasteiger partial charge on any atom is 0.325 e. The van der Waals surface area contributed by atoms with E-state index in [0.29, 0.717) is 17.2 Å². The zero-order valence-corrected chi connectivity index (χ0v) is 10.9. The average molecular weight is 288 g/mol. The number of anilines is 1. The van der Waals surface area contributed by atoms with Crippen molar-refractivity contribution in [2.45, 2.75) is 6.54 Å². The number of rotatable bonds is 3. The lowest BCUT2D eigenvalue weighted by Gasteiger charge is -2.07. The molecule has 0 fully saturated rings. The standard InChI is InChI=1S/C13H12N4O4/c18-12(6-17-4-3-14-7-17)16-13(19)15-9-1-2-10-11(5-9)21-8-20-10/h1-5,7H,6,8H2,(H2,15,16,18,19). The number of ether oxygens (including phenoxy) is 2. The summed E-state index contributed by atoms with van der Waals surface area (Å²) in [5.74, 6) is 0.737. The second kappa shape index (κ2) is 5.53. The van der Waals surface area contributed by atoms with Crippen LogP contribution < -0.4 is 20.1 Å². The highest BCUT2D eigenvalue weighted by atomic mass is 16.7. The lowest BCUT2D eigenvalue weighted by atomic mass is 10.3. The largest absolute Gasteiger partial charge is 0.454 e. The lowest BCUT2D eigenvalue weighted by Crippen LogP contribution is -2.36. The molecule has 108 valence electrons. The van der Waals surface area contributed by atoms with Crippen LogP contribution in [0.1, 0.15) is 0 Å². The minimum atomic E-state index is -0.612. The van der Waals surface area contributed by atoms with Gasteiger partial charge in [0.05, 0.1) is 6.33 Å². The quantitative estimate of drug-likeness (QED) is 0.877. The van der Waals surface area contributed by atoms with Crippen molar-refractivity contribution in [1.29, 1.82) is 0 Å². The molecule has 3 rings (SSSR count). The number of fused-ring (bicyclic) bond motifs is 1. The van der Waals surface area contributed by atoms with Crippen molar-refractivity contribution in [1.82, 2.24) is 14.9 Å². The van der Waals surface area contributed by atoms with Gasteiger partial charge in [0.2, 0.25) is 12.7 Å². The van der Waals surface area contributed by atoms with Crippen molar-refractivity contribution in [2.24, 2.45) is 0 Å². The molecule has 1 aromatic carbocycles. The Labute approximate surface area is 119 Å². The van der Waals surface area contributed by atoms with Crippen LogP contribution in [0.15, 0.2) is 36.9 Å². The highest BCUT2D eigenvalue weighted by molar-refractivity contribution is 6.01. The molecule has 8 nitrogen and oxygen atoms in total. The summed E-state index contributed by atoms with van der Waals surface area (Å²) in [5.41, 5.74) is 0.507. The zero-order valence-electron chi connectivity index (χ0n) is 10.9. The van der Waals surface area contributed by atoms with Gasteiger partial charge in [0.15, 0.2) is 11.5 Å². The van der Waals surface area contributed by atoms with Crippen molar-refractivity contribution in [2.75, 3.05) is 12.1 Å². The average Bonchev–Trinajstić information content (AvgIpc) is 3.08. The third-order valence-corrected chi connectivity index (χ3v) is 2.77. The van der Waals surface area contributed by atoms with Gasteiger partial charge in [0, 0.05) is 24.1 Å². The molecule has 21 heavy (non-hydrogen) atoms. The summed E-state index contributed by atoms with van der Waals surface area (Å²) in [4.78, 5) is 27.2. The molecule has 1 aromatic heterocycles. The Balaban J connectivity index is 1.55. The molecule has 0 saturated carbocycles. The summed E-state index contributed by atoms with van der Waals surface area (Å²) in [6, 6.07) is 4.36. The first kappa shape index (κ1) is 13.0. The summed E-state index contributed by atoms with van der Waals surface area (Å²) in [7, 11) is 0. The van der Waals surface area contributed by atoms with Gasteiger partial charge in [0.1, 0.15) is 6.54 Å². The van der Waals surface area contributed by atoms with Gasteiger partial charge in [-0.2, -0.15) is 0 Å². The van der Waals surface area contributed by atoms with Crippen molar-refractivity contribution in [3.63, 3.8) is 0 Å². The number of nitrogens with zero attached hydrogens (tertiary/aromatic N) is 2. The van der Waals surface area contributed by atoms with Gasteiger partial charge >= 0.3 is 6.03 Å². The van der Waals surface area contributed by atoms with Gasteiger partial charge in [-0.15, -0.1) is 0 Å². The van der Waals surface area contributed by atoms with Crippen molar-refractivity contribution < 1.29 is 19.1 Å². The first-order valence-corrected chi connectivity index (χ1v) is 6.17. The number of imidazole rings is 1. The molecule has 0 radical (unpaired) electrons. The number of carbonyl (C=O) groups is 2. The number of nitrogens with one attached hydrogen (secondary N) is 2. The minimum absolute atomic E-state index is 0.0224. The topological polar surface area (TPSA) is 94.5 Å². The predicted octanol–water partition coefficient (Wildman–Crippen LogP) is 0.960. The molecule has 2 N–H and O–H groups in total. The van der Waals surface area contributed by atoms with Crippen molar-refractivity contribution in [3.8, 4) is 11.5 Å². The van der Waals surface area contributed by atoms with E-state index in [1.54, 1.807) is 35.2 Å². The first-order chi connectivity index (χ1) is 10.2. The summed E-state index contributed by atoms with van der Waals surface area (Å²) < 4.78 is 11.9. The number of urea groups is 1. The Hall–Kier alpha value is -3.03. The fourth-order valence-corrected chi connectivity index (χ4v) is 1.85. The van der Waals surface area contributed by atoms with Crippen LogP contribution >= 0.6 is 0 Å². The Morgan fingerprint density at radius 3 is 2.95 bits per heavy atom. The molecule has 0 bridgehead atoms. The highest BCUT2D eigenvalue weighted by Gasteiger charge is 2.14. The van der Waals surface area contributed by atoms with Crippen LogP contribution in [0.4, 0.5) is 10.5 Å². The number of amides is 3. The zero-order chi connectivity index (χ0) is 14.7. The van der Waals surface area contributed by atoms with Crippen LogP contribution in [0.25, 0.3) is 0 Å². The SMILES string of the molecule is O=C(Cn1ccnc1)NC(=O)Nc1ccc2c(c1)OCO2. The maximum absolute atomic E-state index is 11.7. The third kappa shape index (κ3) is 3.11. The molecule has 2 aromatic rings. The van der Waals surface area contributed by atoms with Crippen molar-refractivity contribution >= 4 is 17.6 Å². The molecule has 0 atom stereocenters. The Morgan fingerprint density at radius 2 is 2.14 bits per heavy atom. The number of carbonyl (C=O) groups excluding carboxylic acids is 2. The summed E-state index contributed by atoms with van der Waals surface area (Å²) in [5, 5.41) is 4.78. The minimum Gasteiger partial charge on any atom is -0.454 e. The smallest absolute Gasteiger partial charge is 0.325 e. The number of hydrogen-bond acceptors (Lipinski definition) is 5. The molecular formula is C13H12N4O4. The van der Waals surface area contributed by atoms with Crippen molar-refractivity contribution in [3.05, 3.63) is 36.9 Å². The Kier molecular flexibility index (Phi) is 3.42. The van der Waals surface area contributed by atoms with Gasteiger partial charge in [0.25, 0.3) is 0 Å². The van der Waals surface area contributed by atoms with E-state index in [4.69, 9.17) is 9.47 Å². The van der Waals surface area contributed by atoms with E-state index >= 15 is 0 Å². The molecule has 0 saturated heterocycles. The maximum atomic E-state index is 11.7. The predicted molar refractivity (Wildman–Crippen MR) is 72.0 cm³/mol. The highest BCUT2D eigenvalue weighted by Crippen LogP contribution is 2.34. The van der Waals surface area contributed by atoms with E-state index in [1.165, 1.54) is 6.33 Å². The number of aromatic nitrogens is 2. The molecule has 3 amide bonds. The molecular weight excluding hydrogens is 276 g/mol. The Morgan fingerprint density at radius 1 is 1.29 bits per heavy atom. The van der Waals surface area contributed by atoms with E-state index in [-0.39, 0.29) is 13.3 Å². The second-order valence-electron chi connectivity index (χ2n) is 4.31. The molecule has 8 heteroatoms. The fourth-order valence-electron chi connectivity index (χ4n) is 1.85. The van der Waals surface area contributed by atoms with Gasteiger partial charge in [-0.25, -0.2) is 9.78 Å². The molecule has 0 aliphatic carbocycles. The third-order valence-electron chi connectivity index (χ3n) is 2.77. The van der Waals surface area contributed by atoms with E-state index in [0.717, 1.165) is 0 Å². The fraction of sp³-hybridized carbons (Fsp3) is 0.154. The van der Waals surface area contributed by atoms with E-state index < -0.39 is 11.9 Å². The molecule has 0 spiro atoms. The van der Waals surface area contributed by atoms with Crippen LogP contribution in [-0.4, -0.2) is 28.3 Å². The number of hydrogen-bond donors (Lipinski definition) is 2. The van der Waals surface area contributed by atoms with Gasteiger partial charge in [-0.1, -0.05) is 0 Å². The summed E-state index contributed by atoms with van der Waals surface area (Å²) in [6.07, 6.45) is 4.69. The Bertz CT molecular complexity index is 669. The first-order valence-electron chi connectivity index (χ1n) is 6.17. The van der Waals surface area contributed by atoms with Crippen LogP contribution in [0.5, 0.6) is 11.5 Å². The van der Waals surface area contributed by atoms with Crippen LogP contribution in [0.3, 0.4) is 0 Å². The summed E-state index contributed by atoms with van der Waals surface area (Å²) >= 11 is 0. The number of benzene rings is 1.